The zero-order valence-electron chi connectivity index (χ0n) is 22.2. The van der Waals surface area contributed by atoms with Gasteiger partial charge in [-0.15, -0.1) is 0 Å². The van der Waals surface area contributed by atoms with Gasteiger partial charge in [0.05, 0.1) is 19.5 Å². The van der Waals surface area contributed by atoms with Crippen molar-refractivity contribution in [1.29, 1.82) is 0 Å². The molecule has 1 amide bonds. The number of amides is 1. The van der Waals surface area contributed by atoms with Gasteiger partial charge < -0.3 is 55.7 Å². The summed E-state index contributed by atoms with van der Waals surface area (Å²) in [6, 6.07) is 2.82. The van der Waals surface area contributed by atoms with Gasteiger partial charge in [-0.05, 0) is 6.07 Å². The third-order valence-electron chi connectivity index (χ3n) is 6.74. The molecular formula is C21H27N7O14P2. The van der Waals surface area contributed by atoms with Gasteiger partial charge in [0, 0.05) is 6.07 Å². The summed E-state index contributed by atoms with van der Waals surface area (Å²) < 4.78 is 51.5. The Hall–Kier alpha value is -3.01. The summed E-state index contributed by atoms with van der Waals surface area (Å²) in [5, 5.41) is 41.6. The van der Waals surface area contributed by atoms with Gasteiger partial charge in [-0.2, -0.15) is 4.57 Å². The number of carbonyl (C=O) groups is 1. The minimum Gasteiger partial charge on any atom is -0.756 e. The van der Waals surface area contributed by atoms with Crippen LogP contribution in [-0.4, -0.2) is 101 Å². The van der Waals surface area contributed by atoms with Crippen molar-refractivity contribution < 1.29 is 71.5 Å². The number of phosphoric acid groups is 2. The first-order valence-electron chi connectivity index (χ1n) is 12.6. The van der Waals surface area contributed by atoms with Crippen molar-refractivity contribution in [1.82, 2.24) is 19.5 Å². The van der Waals surface area contributed by atoms with Gasteiger partial charge in [-0.25, -0.2) is 23.8 Å². The predicted octanol–water partition coefficient (Wildman–Crippen LogP) is -3.65. The number of nitrogen functional groups attached to an aromatic ring is 1. The third kappa shape index (κ3) is 6.65. The Bertz CT molecular complexity index is 1630. The highest BCUT2D eigenvalue weighted by molar-refractivity contribution is 7.60. The Morgan fingerprint density at radius 1 is 1.05 bits per heavy atom. The number of aliphatic hydroxyl groups excluding tert-OH is 4. The normalized spacial score (nSPS) is 31.6. The van der Waals surface area contributed by atoms with Crippen LogP contribution in [0.3, 0.4) is 0 Å². The topological polar surface area (TPSA) is 321 Å². The molecule has 5 heterocycles. The van der Waals surface area contributed by atoms with E-state index in [0.29, 0.717) is 0 Å². The molecule has 2 unspecified atom stereocenters. The molecule has 0 aromatic carbocycles. The lowest BCUT2D eigenvalue weighted by Gasteiger charge is -2.26. The first-order chi connectivity index (χ1) is 20.7. The van der Waals surface area contributed by atoms with E-state index < -0.39 is 83.8 Å². The zero-order valence-corrected chi connectivity index (χ0v) is 24.0. The predicted molar refractivity (Wildman–Crippen MR) is 137 cm³/mol. The van der Waals surface area contributed by atoms with Crippen LogP contribution in [0.4, 0.5) is 5.82 Å². The maximum atomic E-state index is 12.4. The van der Waals surface area contributed by atoms with Gasteiger partial charge in [0.25, 0.3) is 20.0 Å². The first-order valence-corrected chi connectivity index (χ1v) is 15.5. The second-order valence-electron chi connectivity index (χ2n) is 9.67. The Labute approximate surface area is 246 Å². The molecule has 2 fully saturated rings. The second kappa shape index (κ2) is 12.4. The molecule has 44 heavy (non-hydrogen) atoms. The summed E-state index contributed by atoms with van der Waals surface area (Å²) in [5.74, 6) is -0.729. The maximum Gasteiger partial charge on any atom is 0.478 e. The fourth-order valence-electron chi connectivity index (χ4n) is 4.57. The number of hydrogen-bond donors (Lipinski definition) is 7. The number of aliphatic hydroxyl groups is 4. The molecule has 23 heteroatoms. The van der Waals surface area contributed by atoms with Gasteiger partial charge in [-0.1, -0.05) is 0 Å². The molecule has 3 aromatic rings. The molecule has 2 aliphatic heterocycles. The van der Waals surface area contributed by atoms with Gasteiger partial charge in [0.1, 0.15) is 47.9 Å². The van der Waals surface area contributed by atoms with E-state index in [9.17, 15) is 44.1 Å². The van der Waals surface area contributed by atoms with Crippen LogP contribution in [-0.2, 0) is 32.0 Å². The van der Waals surface area contributed by atoms with Crippen molar-refractivity contribution in [3.63, 3.8) is 0 Å². The molecule has 10 atom stereocenters. The van der Waals surface area contributed by atoms with E-state index in [4.69, 9.17) is 20.9 Å². The quantitative estimate of drug-likeness (QED) is 0.0588. The summed E-state index contributed by atoms with van der Waals surface area (Å²) in [7, 11) is -11.0. The van der Waals surface area contributed by atoms with E-state index in [2.05, 4.69) is 28.3 Å². The molecule has 0 aliphatic carbocycles. The fourth-order valence-corrected chi connectivity index (χ4v) is 6.62. The van der Waals surface area contributed by atoms with Gasteiger partial charge >= 0.3 is 7.82 Å². The number of pyridine rings is 1. The van der Waals surface area contributed by atoms with Gasteiger partial charge in [0.2, 0.25) is 0 Å². The largest absolute Gasteiger partial charge is 0.756 e. The van der Waals surface area contributed by atoms with Crippen LogP contribution >= 0.6 is 15.6 Å². The smallest absolute Gasteiger partial charge is 0.478 e. The lowest BCUT2D eigenvalue weighted by Crippen LogP contribution is -2.46. The van der Waals surface area contributed by atoms with Gasteiger partial charge in [-0.3, -0.25) is 18.5 Å². The number of nitrogens with two attached hydrogens (primary N) is 2. The van der Waals surface area contributed by atoms with Crippen LogP contribution in [0.1, 0.15) is 22.8 Å². The van der Waals surface area contributed by atoms with Crippen molar-refractivity contribution in [3.8, 4) is 0 Å². The minimum absolute atomic E-state index is 0.0446. The van der Waals surface area contributed by atoms with Crippen LogP contribution in [0.15, 0.2) is 37.2 Å². The number of aromatic nitrogens is 5. The summed E-state index contributed by atoms with van der Waals surface area (Å²) in [6.07, 6.45) is -7.05. The summed E-state index contributed by atoms with van der Waals surface area (Å²) in [4.78, 5) is 45.5. The summed E-state index contributed by atoms with van der Waals surface area (Å²) in [6.45, 7) is -1.89. The maximum absolute atomic E-state index is 12.4. The molecule has 0 bridgehead atoms. The highest BCUT2D eigenvalue weighted by Gasteiger charge is 2.49. The molecule has 2 aliphatic rings. The molecule has 9 N–H and O–H groups in total. The SMILES string of the molecule is NC(=O)c1ccc[n+]([13C@@H]2O[13C@H]([13CH2]OP(=O)([O-])OP(=O)(O)OC[C@H]3O[C@@H](n4cnc5c(N)ncnc54)[C@H](O)[C@@H]3O)[13C@@H](O)[13C@H]2O)c1. The number of hydrogen-bond acceptors (Lipinski definition) is 17. The molecule has 5 rings (SSSR count). The minimum atomic E-state index is -5.62. The number of ether oxygens (including phenoxy) is 2. The molecular weight excluding hydrogens is 641 g/mol. The monoisotopic (exact) mass is 668 g/mol. The van der Waals surface area contributed by atoms with Crippen molar-refractivity contribution in [2.75, 3.05) is 18.9 Å². The van der Waals surface area contributed by atoms with E-state index in [0.717, 1.165) is 6.33 Å². The Kier molecular flexibility index (Phi) is 9.13. The Morgan fingerprint density at radius 2 is 1.73 bits per heavy atom. The number of anilines is 1. The second-order valence-corrected chi connectivity index (χ2v) is 12.7. The van der Waals surface area contributed by atoms with Crippen LogP contribution < -0.4 is 20.9 Å². The number of carbonyl (C=O) groups excluding carboxylic acids is 1. The number of primary amides is 1. The van der Waals surface area contributed by atoms with Crippen LogP contribution in [0.5, 0.6) is 0 Å². The highest BCUT2D eigenvalue weighted by atomic mass is 31.3. The van der Waals surface area contributed by atoms with E-state index >= 15 is 0 Å². The highest BCUT2D eigenvalue weighted by Crippen LogP contribution is 2.58. The third-order valence-corrected chi connectivity index (χ3v) is 9.30. The molecule has 2 saturated heterocycles. The Morgan fingerprint density at radius 3 is 2.45 bits per heavy atom. The van der Waals surface area contributed by atoms with Crippen molar-refractivity contribution >= 4 is 38.5 Å². The molecule has 240 valence electrons. The van der Waals surface area contributed by atoms with E-state index in [1.165, 1.54) is 40.0 Å². The number of fused-ring (bicyclic) bond motifs is 1. The van der Waals surface area contributed by atoms with Crippen LogP contribution in [0.2, 0.25) is 0 Å². The first kappa shape index (κ1) is 32.4. The number of rotatable bonds is 11. The van der Waals surface area contributed by atoms with Crippen molar-refractivity contribution in [2.24, 2.45) is 5.73 Å². The number of imidazole rings is 1. The zero-order chi connectivity index (χ0) is 32.0. The van der Waals surface area contributed by atoms with E-state index in [-0.39, 0.29) is 22.5 Å². The summed E-state index contributed by atoms with van der Waals surface area (Å²) >= 11 is 0. The number of nitrogens with zero attached hydrogens (tertiary/aromatic N) is 5. The summed E-state index contributed by atoms with van der Waals surface area (Å²) in [5.41, 5.74) is 11.4. The standard InChI is InChI=1S/C21H27N7O14P2/c22-17-12-19(25-7-24-17)28(8-26-12)21-16(32)14(30)11(41-21)6-39-44(36,37)42-43(34,35)38-5-10-13(29)15(31)20(40-10)27-3-1-2-9(4-27)18(23)33/h1-4,7-8,10-11,13-16,20-21,29-32H,5-6H2,(H5-,22,23,24,25,33,34,35,36,37)/t10-,11-,13-,14-,15-,16-,20-,21-/m1/s1/i5+1,10+1,13+1,15+1,20+1. The molecule has 3 aromatic heterocycles. The molecule has 0 saturated carbocycles. The van der Waals surface area contributed by atoms with E-state index in [1.807, 2.05) is 0 Å². The average molecular weight is 668 g/mol. The van der Waals surface area contributed by atoms with Gasteiger partial charge in [0.15, 0.2) is 36.2 Å². The lowest BCUT2D eigenvalue weighted by atomic mass is 10.1. The van der Waals surface area contributed by atoms with Crippen molar-refractivity contribution in [3.05, 3.63) is 42.7 Å². The Balaban J connectivity index is 1.16. The van der Waals surface area contributed by atoms with Crippen molar-refractivity contribution in [2.45, 2.75) is 49.1 Å². The molecule has 0 radical (unpaired) electrons. The van der Waals surface area contributed by atoms with Crippen LogP contribution in [0, 0.1) is 0 Å². The van der Waals surface area contributed by atoms with Crippen LogP contribution in [0.25, 0.3) is 11.2 Å². The lowest BCUT2D eigenvalue weighted by molar-refractivity contribution is -0.765. The average Bonchev–Trinajstić information content (AvgIpc) is 3.61. The number of phosphoric ester groups is 2. The fraction of sp³-hybridized carbons (Fsp3) is 0.476. The molecule has 0 spiro atoms. The molecule has 21 nitrogen and oxygen atoms in total. The van der Waals surface area contributed by atoms with E-state index in [1.54, 1.807) is 0 Å².